The van der Waals surface area contributed by atoms with Gasteiger partial charge in [0.15, 0.2) is 0 Å². The number of rotatable bonds is 3. The van der Waals surface area contributed by atoms with Crippen molar-refractivity contribution in [3.05, 3.63) is 158 Å². The number of benzene rings is 5. The van der Waals surface area contributed by atoms with Gasteiger partial charge in [-0.05, 0) is 76.9 Å². The Morgan fingerprint density at radius 1 is 0.548 bits per heavy atom. The van der Waals surface area contributed by atoms with Crippen LogP contribution in [0.3, 0.4) is 0 Å². The van der Waals surface area contributed by atoms with Crippen LogP contribution < -0.4 is 4.74 Å². The first-order valence-corrected chi connectivity index (χ1v) is 14.1. The van der Waals surface area contributed by atoms with Crippen molar-refractivity contribution in [2.75, 3.05) is 0 Å². The number of fused-ring (bicyclic) bond motifs is 7. The van der Waals surface area contributed by atoms with Crippen LogP contribution in [0.5, 0.6) is 5.75 Å². The minimum absolute atomic E-state index is 0.839. The summed E-state index contributed by atoms with van der Waals surface area (Å²) in [4.78, 5) is 4.82. The summed E-state index contributed by atoms with van der Waals surface area (Å²) in [6.45, 7) is 0. The van der Waals surface area contributed by atoms with Gasteiger partial charge in [-0.15, -0.1) is 0 Å². The molecule has 0 amide bonds. The lowest BCUT2D eigenvalue weighted by Gasteiger charge is -2.13. The monoisotopic (exact) mass is 538 g/mol. The average molecular weight is 539 g/mol. The van der Waals surface area contributed by atoms with Crippen LogP contribution in [-0.4, -0.2) is 9.55 Å². The zero-order chi connectivity index (χ0) is 27.9. The molecule has 0 aliphatic carbocycles. The first-order valence-electron chi connectivity index (χ1n) is 14.1. The third-order valence-corrected chi connectivity index (χ3v) is 7.93. The molecule has 0 saturated carbocycles. The van der Waals surface area contributed by atoms with Crippen LogP contribution in [0.15, 0.2) is 152 Å². The van der Waals surface area contributed by atoms with E-state index < -0.39 is 0 Å². The Morgan fingerprint density at radius 3 is 2.26 bits per heavy atom. The van der Waals surface area contributed by atoms with E-state index >= 15 is 0 Å². The molecule has 0 N–H and O–H groups in total. The van der Waals surface area contributed by atoms with E-state index in [-0.39, 0.29) is 0 Å². The Kier molecular flexibility index (Phi) is 5.79. The molecule has 3 nitrogen and oxygen atoms in total. The van der Waals surface area contributed by atoms with Gasteiger partial charge >= 0.3 is 0 Å². The summed E-state index contributed by atoms with van der Waals surface area (Å²) in [6, 6.07) is 44.9. The van der Waals surface area contributed by atoms with Crippen molar-refractivity contribution in [2.45, 2.75) is 0 Å². The van der Waals surface area contributed by atoms with Crippen molar-refractivity contribution >= 4 is 27.9 Å². The second-order valence-corrected chi connectivity index (χ2v) is 10.5. The predicted octanol–water partition coefficient (Wildman–Crippen LogP) is 10.1. The average Bonchev–Trinajstić information content (AvgIpc) is 3.39. The van der Waals surface area contributed by atoms with E-state index in [1.807, 2.05) is 36.5 Å². The highest BCUT2D eigenvalue weighted by Crippen LogP contribution is 2.38. The molecular weight excluding hydrogens is 512 g/mol. The molecule has 0 atom stereocenters. The molecule has 0 fully saturated rings. The van der Waals surface area contributed by atoms with Gasteiger partial charge in [0.05, 0.1) is 34.9 Å². The molecule has 42 heavy (non-hydrogen) atoms. The minimum Gasteiger partial charge on any atom is -0.464 e. The molecule has 3 heterocycles. The van der Waals surface area contributed by atoms with Gasteiger partial charge < -0.3 is 9.30 Å². The maximum atomic E-state index is 6.03. The standard InChI is InChI=1S/C39H26N2O/c1-2-11-28(12-3-1)36-19-18-32(26-40-36)41-37-15-5-4-14-33(37)35-25-29(16-20-38(35)41)30-17-21-39-34(24-30)31-13-8-10-27(23-31)9-6-7-22-42-39/h1-26H/b9-6-,22-7+. The van der Waals surface area contributed by atoms with E-state index in [2.05, 4.69) is 120 Å². The number of nitrogens with zero attached hydrogens (tertiary/aromatic N) is 2. The van der Waals surface area contributed by atoms with Gasteiger partial charge in [0, 0.05) is 21.9 Å². The second-order valence-electron chi connectivity index (χ2n) is 10.5. The van der Waals surface area contributed by atoms with Crippen molar-refractivity contribution in [3.8, 4) is 44.9 Å². The summed E-state index contributed by atoms with van der Waals surface area (Å²) in [7, 11) is 0. The third-order valence-electron chi connectivity index (χ3n) is 7.93. The number of aromatic nitrogens is 2. The van der Waals surface area contributed by atoms with Gasteiger partial charge in [-0.1, -0.05) is 91.0 Å². The highest BCUT2D eigenvalue weighted by molar-refractivity contribution is 6.10. The van der Waals surface area contributed by atoms with E-state index in [1.54, 1.807) is 6.26 Å². The number of allylic oxidation sites excluding steroid dienone is 2. The SMILES string of the molecule is C1=C\c2cccc(c2)-c2cc(-c3ccc4c(c3)c3ccccc3n4-c3ccc(-c4ccccc4)nc3)ccc2O/C=C/1. The molecule has 2 bridgehead atoms. The van der Waals surface area contributed by atoms with E-state index in [0.717, 1.165) is 61.5 Å². The molecule has 198 valence electrons. The fraction of sp³-hybridized carbons (Fsp3) is 0. The van der Waals surface area contributed by atoms with Crippen molar-refractivity contribution in [2.24, 2.45) is 0 Å². The largest absolute Gasteiger partial charge is 0.464 e. The number of ether oxygens (including phenoxy) is 1. The van der Waals surface area contributed by atoms with Crippen LogP contribution >= 0.6 is 0 Å². The highest BCUT2D eigenvalue weighted by atomic mass is 16.5. The van der Waals surface area contributed by atoms with Gasteiger partial charge in [-0.3, -0.25) is 4.98 Å². The predicted molar refractivity (Wildman–Crippen MR) is 174 cm³/mol. The lowest BCUT2D eigenvalue weighted by atomic mass is 9.96. The zero-order valence-electron chi connectivity index (χ0n) is 22.8. The van der Waals surface area contributed by atoms with Gasteiger partial charge in [-0.25, -0.2) is 0 Å². The molecule has 2 aromatic heterocycles. The first-order chi connectivity index (χ1) is 20.8. The molecule has 1 aliphatic rings. The van der Waals surface area contributed by atoms with E-state index in [9.17, 15) is 0 Å². The number of hydrogen-bond donors (Lipinski definition) is 0. The summed E-state index contributed by atoms with van der Waals surface area (Å²) < 4.78 is 8.34. The fourth-order valence-corrected chi connectivity index (χ4v) is 5.90. The molecule has 0 spiro atoms. The zero-order valence-corrected chi connectivity index (χ0v) is 22.8. The summed E-state index contributed by atoms with van der Waals surface area (Å²) >= 11 is 0. The molecule has 0 radical (unpaired) electrons. The van der Waals surface area contributed by atoms with Crippen LogP contribution in [-0.2, 0) is 0 Å². The van der Waals surface area contributed by atoms with Crippen molar-refractivity contribution in [1.29, 1.82) is 0 Å². The number of hydrogen-bond acceptors (Lipinski definition) is 2. The Bertz CT molecular complexity index is 2150. The number of para-hydroxylation sites is 1. The van der Waals surface area contributed by atoms with Crippen LogP contribution in [0, 0.1) is 0 Å². The molecule has 7 aromatic rings. The van der Waals surface area contributed by atoms with Crippen molar-refractivity contribution < 1.29 is 4.74 Å². The van der Waals surface area contributed by atoms with E-state index in [1.165, 1.54) is 10.8 Å². The van der Waals surface area contributed by atoms with Gasteiger partial charge in [0.2, 0.25) is 0 Å². The summed E-state index contributed by atoms with van der Waals surface area (Å²) in [6.07, 6.45) is 9.72. The highest BCUT2D eigenvalue weighted by Gasteiger charge is 2.15. The molecule has 5 aromatic carbocycles. The molecule has 1 aliphatic heterocycles. The number of pyridine rings is 1. The van der Waals surface area contributed by atoms with Gasteiger partial charge in [0.25, 0.3) is 0 Å². The topological polar surface area (TPSA) is 27.1 Å². The minimum atomic E-state index is 0.839. The molecule has 0 saturated heterocycles. The Morgan fingerprint density at radius 2 is 1.36 bits per heavy atom. The normalized spacial score (nSPS) is 13.8. The smallest absolute Gasteiger partial charge is 0.134 e. The third kappa shape index (κ3) is 4.20. The summed E-state index contributed by atoms with van der Waals surface area (Å²) in [5.41, 5.74) is 11.1. The fourth-order valence-electron chi connectivity index (χ4n) is 5.90. The first kappa shape index (κ1) is 24.2. The molecule has 0 unspecified atom stereocenters. The van der Waals surface area contributed by atoms with E-state index in [4.69, 9.17) is 9.72 Å². The van der Waals surface area contributed by atoms with Crippen LogP contribution in [0.4, 0.5) is 0 Å². The van der Waals surface area contributed by atoms with Crippen LogP contribution in [0.2, 0.25) is 0 Å². The van der Waals surface area contributed by atoms with Crippen molar-refractivity contribution in [1.82, 2.24) is 9.55 Å². The van der Waals surface area contributed by atoms with Crippen LogP contribution in [0.25, 0.3) is 67.1 Å². The molecular formula is C39H26N2O. The summed E-state index contributed by atoms with van der Waals surface area (Å²) in [5.74, 6) is 0.839. The lowest BCUT2D eigenvalue weighted by molar-refractivity contribution is 0.483. The molecule has 8 rings (SSSR count). The van der Waals surface area contributed by atoms with Gasteiger partial charge in [-0.2, -0.15) is 0 Å². The lowest BCUT2D eigenvalue weighted by Crippen LogP contribution is -1.95. The van der Waals surface area contributed by atoms with Gasteiger partial charge in [0.1, 0.15) is 5.75 Å². The summed E-state index contributed by atoms with van der Waals surface area (Å²) in [5, 5.41) is 2.43. The second kappa shape index (κ2) is 10.1. The molecule has 3 heteroatoms. The van der Waals surface area contributed by atoms with E-state index in [0.29, 0.717) is 0 Å². The van der Waals surface area contributed by atoms with Crippen molar-refractivity contribution in [3.63, 3.8) is 0 Å². The van der Waals surface area contributed by atoms with Crippen LogP contribution in [0.1, 0.15) is 5.56 Å². The quantitative estimate of drug-likeness (QED) is 0.224. The Hall–Kier alpha value is -5.67. The maximum Gasteiger partial charge on any atom is 0.134 e. The Balaban J connectivity index is 1.25. The Labute approximate surface area is 244 Å². The maximum absolute atomic E-state index is 6.03.